The van der Waals surface area contributed by atoms with Crippen LogP contribution in [0.2, 0.25) is 0 Å². The van der Waals surface area contributed by atoms with Gasteiger partial charge in [-0.05, 0) is 36.8 Å². The van der Waals surface area contributed by atoms with Crippen LogP contribution in [0.15, 0.2) is 48.5 Å². The number of hydrogen-bond donors (Lipinski definition) is 3. The fourth-order valence-corrected chi connectivity index (χ4v) is 3.19. The highest BCUT2D eigenvalue weighted by molar-refractivity contribution is 7.90. The lowest BCUT2D eigenvalue weighted by Crippen LogP contribution is -2.22. The minimum absolute atomic E-state index is 0.142. The summed E-state index contributed by atoms with van der Waals surface area (Å²) in [5.41, 5.74) is -1.28. The predicted molar refractivity (Wildman–Crippen MR) is 111 cm³/mol. The molecule has 0 radical (unpaired) electrons. The van der Waals surface area contributed by atoms with Gasteiger partial charge in [-0.25, -0.2) is 18.3 Å². The molecule has 13 heteroatoms. The van der Waals surface area contributed by atoms with Gasteiger partial charge in [-0.1, -0.05) is 6.07 Å². The van der Waals surface area contributed by atoms with Gasteiger partial charge in [-0.15, -0.1) is 0 Å². The van der Waals surface area contributed by atoms with Crippen LogP contribution in [0, 0.1) is 34.5 Å². The lowest BCUT2D eigenvalue weighted by atomic mass is 10.2. The van der Waals surface area contributed by atoms with Gasteiger partial charge in [-0.2, -0.15) is 8.42 Å². The first-order valence-corrected chi connectivity index (χ1v) is 10.3. The van der Waals surface area contributed by atoms with Crippen molar-refractivity contribution in [2.75, 3.05) is 10.0 Å². The van der Waals surface area contributed by atoms with Crippen LogP contribution in [-0.4, -0.2) is 13.3 Å². The Morgan fingerprint density at radius 1 is 0.969 bits per heavy atom. The predicted octanol–water partition coefficient (Wildman–Crippen LogP) is 4.47. The summed E-state index contributed by atoms with van der Waals surface area (Å²) in [5.74, 6) is -3.54. The molecule has 9 nitrogen and oxygen atoms in total. The first-order valence-electron chi connectivity index (χ1n) is 8.72. The van der Waals surface area contributed by atoms with Gasteiger partial charge in [-0.3, -0.25) is 14.8 Å². The third-order valence-electron chi connectivity index (χ3n) is 4.03. The number of rotatable bonds is 7. The molecule has 0 aliphatic carbocycles. The maximum Gasteiger partial charge on any atom is 0.334 e. The zero-order valence-electron chi connectivity index (χ0n) is 16.2. The van der Waals surface area contributed by atoms with Gasteiger partial charge in [0.05, 0.1) is 16.3 Å². The Balaban J connectivity index is 2.04. The average Bonchev–Trinajstić information content (AvgIpc) is 2.65. The fraction of sp³-hybridized carbons (Fsp3) is 0.0526. The Morgan fingerprint density at radius 3 is 2.31 bits per heavy atom. The molecule has 3 aromatic rings. The summed E-state index contributed by atoms with van der Waals surface area (Å²) >= 11 is 0. The highest BCUT2D eigenvalue weighted by atomic mass is 32.2. The summed E-state index contributed by atoms with van der Waals surface area (Å²) in [4.78, 5) is 10.8. The molecular weight excluding hydrogens is 453 g/mol. The van der Waals surface area contributed by atoms with Crippen molar-refractivity contribution < 1.29 is 31.2 Å². The fourth-order valence-electron chi connectivity index (χ4n) is 2.73. The number of halogens is 3. The number of nitro groups is 1. The molecule has 0 fully saturated rings. The molecule has 4 N–H and O–H groups in total. The third kappa shape index (κ3) is 5.44. The van der Waals surface area contributed by atoms with E-state index in [1.165, 1.54) is 12.1 Å². The normalized spacial score (nSPS) is 11.2. The van der Waals surface area contributed by atoms with Gasteiger partial charge in [0.15, 0.2) is 0 Å². The lowest BCUT2D eigenvalue weighted by Gasteiger charge is -2.13. The first-order chi connectivity index (χ1) is 14.9. The lowest BCUT2D eigenvalue weighted by molar-refractivity contribution is -0.384. The van der Waals surface area contributed by atoms with E-state index in [-0.39, 0.29) is 11.4 Å². The topological polar surface area (TPSA) is 137 Å². The van der Waals surface area contributed by atoms with Crippen molar-refractivity contribution in [1.82, 2.24) is 0 Å². The highest BCUT2D eigenvalue weighted by Crippen LogP contribution is 2.40. The van der Waals surface area contributed by atoms with Crippen molar-refractivity contribution in [2.24, 2.45) is 5.14 Å². The Kier molecular flexibility index (Phi) is 6.23. The van der Waals surface area contributed by atoms with Crippen LogP contribution in [-0.2, 0) is 10.2 Å². The number of nitrogens with two attached hydrogens (primary N) is 1. The minimum Gasteiger partial charge on any atom is -0.450 e. The van der Waals surface area contributed by atoms with Gasteiger partial charge >= 0.3 is 5.69 Å². The summed E-state index contributed by atoms with van der Waals surface area (Å²) in [5, 5.41) is 19.0. The van der Waals surface area contributed by atoms with E-state index in [0.29, 0.717) is 11.6 Å². The number of nitrogens with one attached hydrogen (secondary N) is 2. The number of benzene rings is 3. The molecule has 0 unspecified atom stereocenters. The Bertz CT molecular complexity index is 1320. The summed E-state index contributed by atoms with van der Waals surface area (Å²) < 4.78 is 71.6. The Hall–Kier alpha value is -3.84. The second kappa shape index (κ2) is 8.72. The third-order valence-corrected chi connectivity index (χ3v) is 4.54. The van der Waals surface area contributed by atoms with Crippen molar-refractivity contribution >= 4 is 33.0 Å². The molecule has 0 bridgehead atoms. The Morgan fingerprint density at radius 2 is 1.69 bits per heavy atom. The molecular formula is C19H15F3N4O5S. The molecule has 0 saturated heterocycles. The number of nitro benzene ring substituents is 1. The number of aryl methyl sites for hydroxylation is 1. The minimum atomic E-state index is -4.33. The van der Waals surface area contributed by atoms with E-state index in [2.05, 4.69) is 5.32 Å². The van der Waals surface area contributed by atoms with E-state index in [1.807, 2.05) is 0 Å². The van der Waals surface area contributed by atoms with Crippen LogP contribution in [0.3, 0.4) is 0 Å². The van der Waals surface area contributed by atoms with Crippen molar-refractivity contribution in [3.05, 3.63) is 81.7 Å². The van der Waals surface area contributed by atoms with Crippen molar-refractivity contribution in [1.29, 1.82) is 0 Å². The van der Waals surface area contributed by atoms with Gasteiger partial charge in [0.2, 0.25) is 5.75 Å². The van der Waals surface area contributed by atoms with Crippen LogP contribution in [0.4, 0.5) is 35.9 Å². The van der Waals surface area contributed by atoms with Gasteiger partial charge in [0.25, 0.3) is 10.2 Å². The molecule has 0 spiro atoms. The molecule has 32 heavy (non-hydrogen) atoms. The van der Waals surface area contributed by atoms with Crippen LogP contribution in [0.5, 0.6) is 11.5 Å². The van der Waals surface area contributed by atoms with E-state index < -0.39 is 55.4 Å². The monoisotopic (exact) mass is 468 g/mol. The maximum atomic E-state index is 14.2. The van der Waals surface area contributed by atoms with Crippen molar-refractivity contribution in [3.8, 4) is 11.5 Å². The van der Waals surface area contributed by atoms with Gasteiger partial charge in [0, 0.05) is 18.2 Å². The number of anilines is 3. The molecule has 0 saturated carbocycles. The summed E-state index contributed by atoms with van der Waals surface area (Å²) in [6, 6.07) is 8.25. The van der Waals surface area contributed by atoms with Crippen molar-refractivity contribution in [2.45, 2.75) is 6.92 Å². The van der Waals surface area contributed by atoms with Crippen LogP contribution < -0.4 is 19.9 Å². The first kappa shape index (κ1) is 22.8. The molecule has 168 valence electrons. The average molecular weight is 468 g/mol. The molecule has 3 aromatic carbocycles. The zero-order chi connectivity index (χ0) is 23.6. The second-order valence-corrected chi connectivity index (χ2v) is 7.85. The number of ether oxygens (including phenoxy) is 1. The Labute approximate surface area is 180 Å². The molecule has 3 rings (SSSR count). The quantitative estimate of drug-likeness (QED) is 0.346. The molecule has 0 aliphatic heterocycles. The maximum absolute atomic E-state index is 14.2. The van der Waals surface area contributed by atoms with Gasteiger partial charge in [0.1, 0.15) is 28.9 Å². The van der Waals surface area contributed by atoms with E-state index >= 15 is 0 Å². The SMILES string of the molecule is Cc1ccc(Nc2cc(F)cc(Oc3ccc(F)c(NS(N)(=O)=O)c3)c2[N+](=O)[O-])c(F)c1. The van der Waals surface area contributed by atoms with E-state index in [4.69, 9.17) is 9.88 Å². The van der Waals surface area contributed by atoms with E-state index in [0.717, 1.165) is 24.3 Å². The molecule has 0 aromatic heterocycles. The smallest absolute Gasteiger partial charge is 0.334 e. The molecule has 0 amide bonds. The molecule has 0 aliphatic rings. The number of hydrogen-bond acceptors (Lipinski definition) is 6. The van der Waals surface area contributed by atoms with Crippen LogP contribution in [0.1, 0.15) is 5.56 Å². The largest absolute Gasteiger partial charge is 0.450 e. The second-order valence-electron chi connectivity index (χ2n) is 6.56. The molecule has 0 heterocycles. The van der Waals surface area contributed by atoms with E-state index in [1.54, 1.807) is 17.7 Å². The number of nitrogens with zero attached hydrogens (tertiary/aromatic N) is 1. The van der Waals surface area contributed by atoms with E-state index in [9.17, 15) is 31.7 Å². The summed E-state index contributed by atoms with van der Waals surface area (Å²) in [6.45, 7) is 1.64. The summed E-state index contributed by atoms with van der Waals surface area (Å²) in [6.07, 6.45) is 0. The highest BCUT2D eigenvalue weighted by Gasteiger charge is 2.25. The van der Waals surface area contributed by atoms with Gasteiger partial charge < -0.3 is 10.1 Å². The van der Waals surface area contributed by atoms with Crippen LogP contribution in [0.25, 0.3) is 0 Å². The zero-order valence-corrected chi connectivity index (χ0v) is 17.0. The standard InChI is InChI=1S/C19H15F3N4O5S/c1-10-2-5-15(14(22)6-10)24-17-7-11(20)8-18(19(17)26(27)28)31-12-3-4-13(21)16(9-12)25-32(23,29)30/h2-9,24-25H,1H3,(H2,23,29,30). The van der Waals surface area contributed by atoms with Crippen LogP contribution >= 0.6 is 0 Å². The molecule has 0 atom stereocenters. The summed E-state index contributed by atoms with van der Waals surface area (Å²) in [7, 11) is -4.33. The van der Waals surface area contributed by atoms with Crippen molar-refractivity contribution in [3.63, 3.8) is 0 Å².